The monoisotopic (exact) mass is 256 g/mol. The predicted molar refractivity (Wildman–Crippen MR) is 70.8 cm³/mol. The summed E-state index contributed by atoms with van der Waals surface area (Å²) in [5.74, 6) is -0.287. The van der Waals surface area contributed by atoms with Crippen molar-refractivity contribution in [3.8, 4) is 0 Å². The molecule has 17 heavy (non-hydrogen) atoms. The lowest BCUT2D eigenvalue weighted by atomic mass is 9.93. The zero-order chi connectivity index (χ0) is 13.1. The summed E-state index contributed by atoms with van der Waals surface area (Å²) >= 11 is 1.28. The van der Waals surface area contributed by atoms with Crippen LogP contribution < -0.4 is 5.32 Å². The summed E-state index contributed by atoms with van der Waals surface area (Å²) in [6.07, 6.45) is 0.851. The molecule has 5 heteroatoms. The van der Waals surface area contributed by atoms with Crippen LogP contribution in [0.15, 0.2) is 0 Å². The molecule has 0 aliphatic heterocycles. The fraction of sp³-hybridized carbons (Fsp3) is 0.667. The second-order valence-corrected chi connectivity index (χ2v) is 5.94. The lowest BCUT2D eigenvalue weighted by Gasteiger charge is -2.17. The normalized spacial score (nSPS) is 11.4. The zero-order valence-corrected chi connectivity index (χ0v) is 11.9. The third-order valence-electron chi connectivity index (χ3n) is 2.38. The minimum Gasteiger partial charge on any atom is -0.462 e. The number of nitrogens with zero attached hydrogens (tertiary/aromatic N) is 1. The Balaban J connectivity index is 2.61. The third-order valence-corrected chi connectivity index (χ3v) is 3.34. The molecule has 0 radical (unpaired) electrons. The van der Waals surface area contributed by atoms with E-state index in [-0.39, 0.29) is 11.4 Å². The van der Waals surface area contributed by atoms with Crippen LogP contribution in [0.4, 0.5) is 5.00 Å². The number of aryl methyl sites for hydroxylation is 1. The molecule has 1 N–H and O–H groups in total. The highest BCUT2D eigenvalue weighted by Gasteiger charge is 2.20. The average Bonchev–Trinajstić information content (AvgIpc) is 2.57. The number of anilines is 1. The first kappa shape index (κ1) is 14.0. The van der Waals surface area contributed by atoms with Crippen molar-refractivity contribution in [2.75, 3.05) is 19.0 Å². The molecule has 0 aromatic carbocycles. The first-order chi connectivity index (χ1) is 7.85. The van der Waals surface area contributed by atoms with Crippen molar-refractivity contribution >= 4 is 22.5 Å². The van der Waals surface area contributed by atoms with Crippen molar-refractivity contribution in [1.82, 2.24) is 4.37 Å². The van der Waals surface area contributed by atoms with Crippen LogP contribution in [-0.4, -0.2) is 24.0 Å². The molecule has 1 rings (SSSR count). The standard InChI is InChI=1S/C12H20N2O2S/c1-8-9(10(13-5)17-14-8)11(15)16-7-6-12(2,3)4/h13H,6-7H2,1-5H3. The first-order valence-electron chi connectivity index (χ1n) is 5.66. The smallest absolute Gasteiger partial charge is 0.343 e. The van der Waals surface area contributed by atoms with E-state index in [1.54, 1.807) is 7.05 Å². The Kier molecular flexibility index (Phi) is 4.51. The molecule has 0 aliphatic carbocycles. The van der Waals surface area contributed by atoms with Gasteiger partial charge in [0.15, 0.2) is 0 Å². The van der Waals surface area contributed by atoms with Gasteiger partial charge in [0.25, 0.3) is 0 Å². The molecule has 0 bridgehead atoms. The fourth-order valence-electron chi connectivity index (χ4n) is 1.30. The second-order valence-electron chi connectivity index (χ2n) is 5.17. The number of hydrogen-bond acceptors (Lipinski definition) is 5. The number of carbonyl (C=O) groups excluding carboxylic acids is 1. The van der Waals surface area contributed by atoms with Crippen molar-refractivity contribution in [3.05, 3.63) is 11.3 Å². The van der Waals surface area contributed by atoms with Crippen molar-refractivity contribution in [3.63, 3.8) is 0 Å². The summed E-state index contributed by atoms with van der Waals surface area (Å²) in [6.45, 7) is 8.63. The van der Waals surface area contributed by atoms with Gasteiger partial charge in [-0.05, 0) is 30.3 Å². The van der Waals surface area contributed by atoms with Crippen LogP contribution in [0, 0.1) is 12.3 Å². The quantitative estimate of drug-likeness (QED) is 0.841. The number of esters is 1. The van der Waals surface area contributed by atoms with Crippen LogP contribution in [0.1, 0.15) is 43.2 Å². The third kappa shape index (κ3) is 4.00. The Morgan fingerprint density at radius 2 is 2.12 bits per heavy atom. The van der Waals surface area contributed by atoms with Crippen LogP contribution in [0.25, 0.3) is 0 Å². The molecule has 0 saturated carbocycles. The molecule has 0 saturated heterocycles. The lowest BCUT2D eigenvalue weighted by molar-refractivity contribution is 0.0465. The van der Waals surface area contributed by atoms with Crippen molar-refractivity contribution in [1.29, 1.82) is 0 Å². The molecular formula is C12H20N2O2S. The Labute approximate surface area is 107 Å². The number of nitrogens with one attached hydrogen (secondary N) is 1. The van der Waals surface area contributed by atoms with Gasteiger partial charge < -0.3 is 10.1 Å². The van der Waals surface area contributed by atoms with Crippen LogP contribution in [-0.2, 0) is 4.74 Å². The molecule has 1 aromatic heterocycles. The molecule has 0 spiro atoms. The van der Waals surface area contributed by atoms with Crippen LogP contribution >= 0.6 is 11.5 Å². The van der Waals surface area contributed by atoms with E-state index in [9.17, 15) is 4.79 Å². The molecule has 0 aliphatic rings. The van der Waals surface area contributed by atoms with Crippen molar-refractivity contribution < 1.29 is 9.53 Å². The molecule has 0 atom stereocenters. The van der Waals surface area contributed by atoms with E-state index in [0.29, 0.717) is 12.2 Å². The second kappa shape index (κ2) is 5.49. The van der Waals surface area contributed by atoms with Gasteiger partial charge in [0, 0.05) is 7.05 Å². The molecule has 1 aromatic rings. The Hall–Kier alpha value is -1.10. The maximum Gasteiger partial charge on any atom is 0.343 e. The van der Waals surface area contributed by atoms with Crippen LogP contribution in [0.3, 0.4) is 0 Å². The van der Waals surface area contributed by atoms with E-state index < -0.39 is 0 Å². The summed E-state index contributed by atoms with van der Waals surface area (Å²) in [7, 11) is 1.78. The number of rotatable bonds is 4. The molecular weight excluding hydrogens is 236 g/mol. The molecule has 1 heterocycles. The summed E-state index contributed by atoms with van der Waals surface area (Å²) in [6, 6.07) is 0. The maximum atomic E-state index is 11.9. The molecule has 0 unspecified atom stereocenters. The van der Waals surface area contributed by atoms with E-state index in [2.05, 4.69) is 30.5 Å². The van der Waals surface area contributed by atoms with Gasteiger partial charge in [-0.25, -0.2) is 4.79 Å². The van der Waals surface area contributed by atoms with E-state index in [1.165, 1.54) is 11.5 Å². The molecule has 0 fully saturated rings. The van der Waals surface area contributed by atoms with Gasteiger partial charge in [0.1, 0.15) is 10.6 Å². The summed E-state index contributed by atoms with van der Waals surface area (Å²) in [5.41, 5.74) is 1.46. The zero-order valence-electron chi connectivity index (χ0n) is 11.1. The highest BCUT2D eigenvalue weighted by molar-refractivity contribution is 7.10. The number of carbonyl (C=O) groups is 1. The Bertz CT molecular complexity index is 394. The van der Waals surface area contributed by atoms with Crippen molar-refractivity contribution in [2.45, 2.75) is 34.1 Å². The van der Waals surface area contributed by atoms with Gasteiger partial charge in [0.05, 0.1) is 12.3 Å². The van der Waals surface area contributed by atoms with Gasteiger partial charge in [0.2, 0.25) is 0 Å². The summed E-state index contributed by atoms with van der Waals surface area (Å²) in [4.78, 5) is 11.9. The molecule has 96 valence electrons. The lowest BCUT2D eigenvalue weighted by Crippen LogP contribution is -2.14. The average molecular weight is 256 g/mol. The summed E-state index contributed by atoms with van der Waals surface area (Å²) < 4.78 is 9.42. The van der Waals surface area contributed by atoms with E-state index in [0.717, 1.165) is 17.1 Å². The van der Waals surface area contributed by atoms with Gasteiger partial charge >= 0.3 is 5.97 Å². The minimum absolute atomic E-state index is 0.175. The number of ether oxygens (including phenoxy) is 1. The Morgan fingerprint density at radius 1 is 1.47 bits per heavy atom. The van der Waals surface area contributed by atoms with Crippen molar-refractivity contribution in [2.24, 2.45) is 5.41 Å². The minimum atomic E-state index is -0.287. The van der Waals surface area contributed by atoms with E-state index >= 15 is 0 Å². The maximum absolute atomic E-state index is 11.9. The number of hydrogen-bond donors (Lipinski definition) is 1. The largest absolute Gasteiger partial charge is 0.462 e. The van der Waals surface area contributed by atoms with Crippen LogP contribution in [0.2, 0.25) is 0 Å². The molecule has 0 amide bonds. The van der Waals surface area contributed by atoms with Gasteiger partial charge in [-0.1, -0.05) is 20.8 Å². The van der Waals surface area contributed by atoms with Crippen LogP contribution in [0.5, 0.6) is 0 Å². The summed E-state index contributed by atoms with van der Waals surface area (Å²) in [5, 5.41) is 3.73. The van der Waals surface area contributed by atoms with Gasteiger partial charge in [-0.15, -0.1) is 0 Å². The van der Waals surface area contributed by atoms with Gasteiger partial charge in [-0.3, -0.25) is 0 Å². The highest BCUT2D eigenvalue weighted by atomic mass is 32.1. The fourth-order valence-corrected chi connectivity index (χ4v) is 2.04. The Morgan fingerprint density at radius 3 is 2.65 bits per heavy atom. The van der Waals surface area contributed by atoms with E-state index in [4.69, 9.17) is 4.74 Å². The SMILES string of the molecule is CNc1snc(C)c1C(=O)OCCC(C)(C)C. The van der Waals surface area contributed by atoms with E-state index in [1.807, 2.05) is 6.92 Å². The topological polar surface area (TPSA) is 51.2 Å². The molecule has 4 nitrogen and oxygen atoms in total. The highest BCUT2D eigenvalue weighted by Crippen LogP contribution is 2.25. The number of aromatic nitrogens is 1. The first-order valence-corrected chi connectivity index (χ1v) is 6.43. The van der Waals surface area contributed by atoms with Gasteiger partial charge in [-0.2, -0.15) is 4.37 Å². The predicted octanol–water partition coefficient (Wildman–Crippen LogP) is 3.09.